The van der Waals surface area contributed by atoms with E-state index in [2.05, 4.69) is 9.97 Å². The molecule has 2 aromatic rings. The maximum Gasteiger partial charge on any atom is 0.237 e. The van der Waals surface area contributed by atoms with E-state index < -0.39 is 0 Å². The minimum atomic E-state index is -0.0540. The number of nitrogens with two attached hydrogens (primary N) is 1. The Hall–Kier alpha value is -2.47. The van der Waals surface area contributed by atoms with Crippen molar-refractivity contribution in [3.05, 3.63) is 42.2 Å². The summed E-state index contributed by atoms with van der Waals surface area (Å²) >= 11 is 0. The van der Waals surface area contributed by atoms with Gasteiger partial charge in [-0.1, -0.05) is 30.3 Å². The van der Waals surface area contributed by atoms with Crippen LogP contribution in [0.4, 0.5) is 5.95 Å². The van der Waals surface area contributed by atoms with E-state index in [0.717, 1.165) is 42.6 Å². The molecule has 0 saturated carbocycles. The van der Waals surface area contributed by atoms with Gasteiger partial charge in [-0.25, -0.2) is 9.97 Å². The monoisotopic (exact) mass is 339 g/mol. The van der Waals surface area contributed by atoms with Gasteiger partial charge < -0.3 is 15.5 Å². The predicted octanol–water partition coefficient (Wildman–Crippen LogP) is 2.34. The van der Waals surface area contributed by atoms with Gasteiger partial charge in [0.2, 0.25) is 11.9 Å². The number of hydrogen-bond acceptors (Lipinski definition) is 5. The second-order valence-corrected chi connectivity index (χ2v) is 6.73. The van der Waals surface area contributed by atoms with Gasteiger partial charge in [0.15, 0.2) is 0 Å². The summed E-state index contributed by atoms with van der Waals surface area (Å²) in [5.74, 6) is 0.381. The number of rotatable bonds is 4. The van der Waals surface area contributed by atoms with Crippen LogP contribution in [0, 0.1) is 0 Å². The first-order valence-electron chi connectivity index (χ1n) is 8.68. The van der Waals surface area contributed by atoms with E-state index in [1.807, 2.05) is 54.2 Å². The zero-order valence-electron chi connectivity index (χ0n) is 14.9. The van der Waals surface area contributed by atoms with Gasteiger partial charge in [-0.3, -0.25) is 4.79 Å². The van der Waals surface area contributed by atoms with Crippen molar-refractivity contribution in [1.82, 2.24) is 19.8 Å². The molecule has 0 bridgehead atoms. The molecule has 0 spiro atoms. The molecule has 1 aromatic carbocycles. The molecule has 6 heteroatoms. The van der Waals surface area contributed by atoms with E-state index in [-0.39, 0.29) is 17.9 Å². The molecule has 1 amide bonds. The molecule has 1 fully saturated rings. The molecule has 132 valence electrons. The van der Waals surface area contributed by atoms with Gasteiger partial charge >= 0.3 is 0 Å². The van der Waals surface area contributed by atoms with E-state index in [9.17, 15) is 4.79 Å². The molecule has 6 nitrogen and oxygen atoms in total. The maximum absolute atomic E-state index is 12.7. The molecule has 1 saturated heterocycles. The van der Waals surface area contributed by atoms with Crippen molar-refractivity contribution in [2.24, 2.45) is 0 Å². The molecule has 3 rings (SSSR count). The molecule has 1 aromatic heterocycles. The van der Waals surface area contributed by atoms with E-state index in [0.29, 0.717) is 6.54 Å². The number of aromatic nitrogens is 2. The van der Waals surface area contributed by atoms with E-state index in [4.69, 9.17) is 5.73 Å². The molecular formula is C19H25N5O. The highest BCUT2D eigenvalue weighted by atomic mass is 16.2. The van der Waals surface area contributed by atoms with E-state index in [1.54, 1.807) is 6.20 Å². The Bertz CT molecular complexity index is 732. The van der Waals surface area contributed by atoms with Crippen molar-refractivity contribution in [1.29, 1.82) is 0 Å². The first-order chi connectivity index (χ1) is 12.1. The van der Waals surface area contributed by atoms with Gasteiger partial charge in [-0.05, 0) is 38.9 Å². The molecule has 1 aliphatic heterocycles. The minimum Gasteiger partial charge on any atom is -0.368 e. The molecule has 1 aliphatic rings. The van der Waals surface area contributed by atoms with Crippen molar-refractivity contribution < 1.29 is 4.79 Å². The van der Waals surface area contributed by atoms with Gasteiger partial charge in [-0.15, -0.1) is 0 Å². The van der Waals surface area contributed by atoms with Crippen molar-refractivity contribution in [3.63, 3.8) is 0 Å². The molecular weight excluding hydrogens is 314 g/mol. The SMILES string of the molecule is CN(C)CC(=O)N1CCCC[C@H]1c1nc(N)ncc1-c1ccccc1. The summed E-state index contributed by atoms with van der Waals surface area (Å²) in [5, 5.41) is 0. The molecule has 25 heavy (non-hydrogen) atoms. The van der Waals surface area contributed by atoms with Gasteiger partial charge in [0.05, 0.1) is 18.3 Å². The number of piperidine rings is 1. The normalized spacial score (nSPS) is 17.7. The lowest BCUT2D eigenvalue weighted by atomic mass is 9.93. The summed E-state index contributed by atoms with van der Waals surface area (Å²) < 4.78 is 0. The number of carbonyl (C=O) groups is 1. The molecule has 0 aliphatic carbocycles. The second-order valence-electron chi connectivity index (χ2n) is 6.73. The summed E-state index contributed by atoms with van der Waals surface area (Å²) in [6.07, 6.45) is 4.77. The Labute approximate surface area is 148 Å². The molecule has 0 unspecified atom stereocenters. The Morgan fingerprint density at radius 3 is 2.76 bits per heavy atom. The van der Waals surface area contributed by atoms with Crippen LogP contribution in [0.2, 0.25) is 0 Å². The fourth-order valence-electron chi connectivity index (χ4n) is 3.38. The van der Waals surface area contributed by atoms with Crippen LogP contribution in [0.5, 0.6) is 0 Å². The summed E-state index contributed by atoms with van der Waals surface area (Å²) in [6.45, 7) is 1.16. The fourth-order valence-corrected chi connectivity index (χ4v) is 3.38. The highest BCUT2D eigenvalue weighted by molar-refractivity contribution is 5.79. The molecule has 2 heterocycles. The lowest BCUT2D eigenvalue weighted by molar-refractivity contribution is -0.135. The average Bonchev–Trinajstić information content (AvgIpc) is 2.62. The highest BCUT2D eigenvalue weighted by Crippen LogP contribution is 2.35. The summed E-state index contributed by atoms with van der Waals surface area (Å²) in [5.41, 5.74) is 8.73. The number of anilines is 1. The number of nitrogen functional groups attached to an aromatic ring is 1. The standard InChI is InChI=1S/C19H25N5O/c1-23(2)13-17(25)24-11-7-6-10-16(24)18-15(12-21-19(20)22-18)14-8-4-3-5-9-14/h3-5,8-9,12,16H,6-7,10-11,13H2,1-2H3,(H2,20,21,22)/t16-/m0/s1. The Kier molecular flexibility index (Phi) is 5.28. The summed E-state index contributed by atoms with van der Waals surface area (Å²) in [4.78, 5) is 25.3. The van der Waals surface area contributed by atoms with Gasteiger partial charge in [0.1, 0.15) is 0 Å². The number of likely N-dealkylation sites (tertiary alicyclic amines) is 1. The summed E-state index contributed by atoms with van der Waals surface area (Å²) in [6, 6.07) is 9.98. The maximum atomic E-state index is 12.7. The lowest BCUT2D eigenvalue weighted by Crippen LogP contribution is -2.43. The van der Waals surface area contributed by atoms with Crippen LogP contribution in [-0.2, 0) is 4.79 Å². The number of benzene rings is 1. The fraction of sp³-hybridized carbons (Fsp3) is 0.421. The highest BCUT2D eigenvalue weighted by Gasteiger charge is 2.31. The Balaban J connectivity index is 2.01. The number of hydrogen-bond donors (Lipinski definition) is 1. The van der Waals surface area contributed by atoms with Gasteiger partial charge in [0, 0.05) is 18.3 Å². The van der Waals surface area contributed by atoms with Crippen molar-refractivity contribution >= 4 is 11.9 Å². The third-order valence-electron chi connectivity index (χ3n) is 4.51. The predicted molar refractivity (Wildman–Crippen MR) is 98.7 cm³/mol. The van der Waals surface area contributed by atoms with Gasteiger partial charge in [-0.2, -0.15) is 0 Å². The first-order valence-corrected chi connectivity index (χ1v) is 8.68. The summed E-state index contributed by atoms with van der Waals surface area (Å²) in [7, 11) is 3.82. The van der Waals surface area contributed by atoms with Crippen LogP contribution in [-0.4, -0.2) is 52.9 Å². The van der Waals surface area contributed by atoms with Crippen molar-refractivity contribution in [2.45, 2.75) is 25.3 Å². The number of carbonyl (C=O) groups excluding carboxylic acids is 1. The molecule has 1 atom stereocenters. The van der Waals surface area contributed by atoms with Crippen LogP contribution < -0.4 is 5.73 Å². The quantitative estimate of drug-likeness (QED) is 0.925. The number of amides is 1. The van der Waals surface area contributed by atoms with E-state index in [1.165, 1.54) is 0 Å². The first kappa shape index (κ1) is 17.4. The Morgan fingerprint density at radius 1 is 1.28 bits per heavy atom. The molecule has 0 radical (unpaired) electrons. The Morgan fingerprint density at radius 2 is 2.04 bits per heavy atom. The zero-order chi connectivity index (χ0) is 17.8. The number of likely N-dealkylation sites (N-methyl/N-ethyl adjacent to an activating group) is 1. The van der Waals surface area contributed by atoms with Crippen LogP contribution >= 0.6 is 0 Å². The minimum absolute atomic E-state index is 0.0540. The van der Waals surface area contributed by atoms with Crippen LogP contribution in [0.3, 0.4) is 0 Å². The second kappa shape index (κ2) is 7.61. The van der Waals surface area contributed by atoms with Gasteiger partial charge in [0.25, 0.3) is 0 Å². The smallest absolute Gasteiger partial charge is 0.237 e. The van der Waals surface area contributed by atoms with Crippen molar-refractivity contribution in [2.75, 3.05) is 32.9 Å². The van der Waals surface area contributed by atoms with Crippen molar-refractivity contribution in [3.8, 4) is 11.1 Å². The lowest BCUT2D eigenvalue weighted by Gasteiger charge is -2.37. The molecule has 2 N–H and O–H groups in total. The van der Waals surface area contributed by atoms with Crippen LogP contribution in [0.25, 0.3) is 11.1 Å². The largest absolute Gasteiger partial charge is 0.368 e. The third kappa shape index (κ3) is 3.96. The van der Waals surface area contributed by atoms with E-state index >= 15 is 0 Å². The van der Waals surface area contributed by atoms with Crippen LogP contribution in [0.15, 0.2) is 36.5 Å². The zero-order valence-corrected chi connectivity index (χ0v) is 14.9. The third-order valence-corrected chi connectivity index (χ3v) is 4.51. The number of nitrogens with zero attached hydrogens (tertiary/aromatic N) is 4. The van der Waals surface area contributed by atoms with Crippen LogP contribution in [0.1, 0.15) is 31.0 Å². The topological polar surface area (TPSA) is 75.4 Å². The average molecular weight is 339 g/mol.